The van der Waals surface area contributed by atoms with Gasteiger partial charge in [0.05, 0.1) is 16.6 Å². The van der Waals surface area contributed by atoms with E-state index in [1.807, 2.05) is 0 Å². The quantitative estimate of drug-likeness (QED) is 0.835. The molecule has 0 aliphatic rings. The summed E-state index contributed by atoms with van der Waals surface area (Å²) >= 11 is 0.829. The maximum absolute atomic E-state index is 13.5. The summed E-state index contributed by atoms with van der Waals surface area (Å²) in [5.74, 6) is -1.33. The van der Waals surface area contributed by atoms with Gasteiger partial charge in [0.2, 0.25) is 0 Å². The molecule has 0 saturated heterocycles. The van der Waals surface area contributed by atoms with E-state index in [0.717, 1.165) is 21.7 Å². The fourth-order valence-electron chi connectivity index (χ4n) is 1.69. The first-order chi connectivity index (χ1) is 10.9. The number of thiophene rings is 1. The minimum Gasteiger partial charge on any atom is -0.313 e. The molecule has 2 aromatic rings. The molecule has 1 aromatic carbocycles. The van der Waals surface area contributed by atoms with Crippen molar-refractivity contribution in [1.82, 2.24) is 4.31 Å². The lowest BCUT2D eigenvalue weighted by molar-refractivity contribution is 0.102. The lowest BCUT2D eigenvalue weighted by Gasteiger charge is -2.11. The molecule has 0 atom stereocenters. The number of hydrogen-bond donors (Lipinski definition) is 1. The van der Waals surface area contributed by atoms with Crippen molar-refractivity contribution >= 4 is 32.3 Å². The Bertz CT molecular complexity index is 871. The van der Waals surface area contributed by atoms with Crippen molar-refractivity contribution in [2.45, 2.75) is 4.21 Å². The number of amides is 1. The minimum atomic E-state index is -3.78. The van der Waals surface area contributed by atoms with Gasteiger partial charge in [0, 0.05) is 7.05 Å². The summed E-state index contributed by atoms with van der Waals surface area (Å²) in [4.78, 5) is 12.0. The molecule has 0 unspecified atom stereocenters. The van der Waals surface area contributed by atoms with E-state index in [1.165, 1.54) is 37.4 Å². The summed E-state index contributed by atoms with van der Waals surface area (Å²) < 4.78 is 38.7. The van der Waals surface area contributed by atoms with Crippen LogP contribution in [0.15, 0.2) is 40.6 Å². The Hall–Kier alpha value is -2.28. The topological polar surface area (TPSA) is 90.3 Å². The summed E-state index contributed by atoms with van der Waals surface area (Å²) in [5.41, 5.74) is -0.132. The summed E-state index contributed by atoms with van der Waals surface area (Å²) in [7, 11) is -2.50. The molecule has 0 bridgehead atoms. The third kappa shape index (κ3) is 3.73. The average molecular weight is 353 g/mol. The van der Waals surface area contributed by atoms with Gasteiger partial charge in [-0.3, -0.25) is 4.79 Å². The van der Waals surface area contributed by atoms with Crippen LogP contribution in [0.3, 0.4) is 0 Å². The molecule has 0 fully saturated rings. The van der Waals surface area contributed by atoms with E-state index in [4.69, 9.17) is 5.26 Å². The second-order valence-corrected chi connectivity index (χ2v) is 7.83. The van der Waals surface area contributed by atoms with Crippen LogP contribution in [-0.4, -0.2) is 32.2 Å². The molecule has 0 radical (unpaired) electrons. The van der Waals surface area contributed by atoms with Crippen molar-refractivity contribution < 1.29 is 17.6 Å². The standard InChI is InChI=1S/C14H12FN3O3S2/c1-18(9-8-16)23(20,21)13-7-6-12(22-13)17-14(19)10-4-2-3-5-11(10)15/h2-7H,9H2,1H3,(H,17,19). The SMILES string of the molecule is CN(CC#N)S(=O)(=O)c1ccc(NC(=O)c2ccccc2F)s1. The molecule has 0 saturated carbocycles. The number of hydrogen-bond acceptors (Lipinski definition) is 5. The predicted molar refractivity (Wildman–Crippen MR) is 84.1 cm³/mol. The van der Waals surface area contributed by atoms with Crippen molar-refractivity contribution in [3.05, 3.63) is 47.8 Å². The Morgan fingerprint density at radius 3 is 2.70 bits per heavy atom. The molecule has 120 valence electrons. The van der Waals surface area contributed by atoms with Crippen LogP contribution in [-0.2, 0) is 10.0 Å². The second kappa shape index (κ2) is 6.87. The summed E-state index contributed by atoms with van der Waals surface area (Å²) in [6, 6.07) is 9.97. The van der Waals surface area contributed by atoms with Gasteiger partial charge in [-0.1, -0.05) is 12.1 Å². The predicted octanol–water partition coefficient (Wildman–Crippen LogP) is 2.28. The van der Waals surface area contributed by atoms with Crippen LogP contribution in [0.2, 0.25) is 0 Å². The van der Waals surface area contributed by atoms with Crippen molar-refractivity contribution in [2.75, 3.05) is 18.9 Å². The van der Waals surface area contributed by atoms with Gasteiger partial charge in [-0.15, -0.1) is 11.3 Å². The maximum atomic E-state index is 13.5. The number of nitriles is 1. The first-order valence-corrected chi connectivity index (χ1v) is 8.61. The van der Waals surface area contributed by atoms with Gasteiger partial charge in [0.15, 0.2) is 0 Å². The number of carbonyl (C=O) groups excluding carboxylic acids is 1. The molecule has 0 spiro atoms. The summed E-state index contributed by atoms with van der Waals surface area (Å²) in [6.07, 6.45) is 0. The van der Waals surface area contributed by atoms with Crippen LogP contribution in [0.5, 0.6) is 0 Å². The van der Waals surface area contributed by atoms with Gasteiger partial charge < -0.3 is 5.32 Å². The lowest BCUT2D eigenvalue weighted by Crippen LogP contribution is -2.26. The Morgan fingerprint density at radius 2 is 2.04 bits per heavy atom. The molecule has 9 heteroatoms. The zero-order chi connectivity index (χ0) is 17.0. The smallest absolute Gasteiger partial charge is 0.259 e. The minimum absolute atomic E-state index is 0.0147. The first kappa shape index (κ1) is 17.1. The fraction of sp³-hybridized carbons (Fsp3) is 0.143. The van der Waals surface area contributed by atoms with Crippen LogP contribution < -0.4 is 5.32 Å². The monoisotopic (exact) mass is 353 g/mol. The number of nitrogens with zero attached hydrogens (tertiary/aromatic N) is 2. The molecule has 2 rings (SSSR count). The van der Waals surface area contributed by atoms with E-state index in [2.05, 4.69) is 5.32 Å². The Labute approximate surface area is 136 Å². The van der Waals surface area contributed by atoms with Crippen LogP contribution in [0, 0.1) is 17.1 Å². The van der Waals surface area contributed by atoms with Gasteiger partial charge in [-0.25, -0.2) is 12.8 Å². The molecule has 0 aliphatic heterocycles. The molecular formula is C14H12FN3O3S2. The number of sulfonamides is 1. The van der Waals surface area contributed by atoms with Crippen molar-refractivity contribution in [3.63, 3.8) is 0 Å². The largest absolute Gasteiger partial charge is 0.313 e. The fourth-order valence-corrected chi connectivity index (χ4v) is 4.17. The van der Waals surface area contributed by atoms with E-state index < -0.39 is 21.7 Å². The van der Waals surface area contributed by atoms with Gasteiger partial charge in [-0.05, 0) is 24.3 Å². The molecule has 1 aromatic heterocycles. The van der Waals surface area contributed by atoms with Crippen LogP contribution in [0.25, 0.3) is 0 Å². The van der Waals surface area contributed by atoms with Crippen molar-refractivity contribution in [3.8, 4) is 6.07 Å². The molecule has 0 aliphatic carbocycles. The third-order valence-corrected chi connectivity index (χ3v) is 6.17. The average Bonchev–Trinajstić information content (AvgIpc) is 2.97. The number of halogens is 1. The van der Waals surface area contributed by atoms with E-state index in [9.17, 15) is 17.6 Å². The summed E-state index contributed by atoms with van der Waals surface area (Å²) in [5, 5.41) is 11.3. The Balaban J connectivity index is 2.19. The molecule has 1 amide bonds. The van der Waals surface area contributed by atoms with Crippen LogP contribution in [0.1, 0.15) is 10.4 Å². The number of carbonyl (C=O) groups is 1. The van der Waals surface area contributed by atoms with Crippen LogP contribution in [0.4, 0.5) is 9.39 Å². The zero-order valence-electron chi connectivity index (χ0n) is 12.0. The number of anilines is 1. The third-order valence-electron chi connectivity index (χ3n) is 2.89. The van der Waals surface area contributed by atoms with E-state index in [1.54, 1.807) is 6.07 Å². The molecule has 23 heavy (non-hydrogen) atoms. The second-order valence-electron chi connectivity index (χ2n) is 4.47. The normalized spacial score (nSPS) is 11.2. The molecule has 1 heterocycles. The van der Waals surface area contributed by atoms with Crippen LogP contribution >= 0.6 is 11.3 Å². The molecule has 6 nitrogen and oxygen atoms in total. The number of benzene rings is 1. The highest BCUT2D eigenvalue weighted by Gasteiger charge is 2.23. The Morgan fingerprint density at radius 1 is 1.35 bits per heavy atom. The highest BCUT2D eigenvalue weighted by Crippen LogP contribution is 2.28. The van der Waals surface area contributed by atoms with Gasteiger partial charge in [0.25, 0.3) is 15.9 Å². The molecular weight excluding hydrogens is 341 g/mol. The van der Waals surface area contributed by atoms with E-state index >= 15 is 0 Å². The van der Waals surface area contributed by atoms with Crippen molar-refractivity contribution in [1.29, 1.82) is 5.26 Å². The maximum Gasteiger partial charge on any atom is 0.259 e. The van der Waals surface area contributed by atoms with Gasteiger partial charge in [-0.2, -0.15) is 9.57 Å². The van der Waals surface area contributed by atoms with Crippen molar-refractivity contribution in [2.24, 2.45) is 0 Å². The van der Waals surface area contributed by atoms with Gasteiger partial charge >= 0.3 is 0 Å². The molecule has 1 N–H and O–H groups in total. The number of nitrogens with one attached hydrogen (secondary N) is 1. The van der Waals surface area contributed by atoms with E-state index in [0.29, 0.717) is 0 Å². The Kier molecular flexibility index (Phi) is 5.10. The van der Waals surface area contributed by atoms with Gasteiger partial charge in [0.1, 0.15) is 16.6 Å². The lowest BCUT2D eigenvalue weighted by atomic mass is 10.2. The number of rotatable bonds is 5. The zero-order valence-corrected chi connectivity index (χ0v) is 13.6. The highest BCUT2D eigenvalue weighted by molar-refractivity contribution is 7.91. The summed E-state index contributed by atoms with van der Waals surface area (Å²) in [6.45, 7) is -0.281. The van der Waals surface area contributed by atoms with E-state index in [-0.39, 0.29) is 21.3 Å². The first-order valence-electron chi connectivity index (χ1n) is 6.35. The highest BCUT2D eigenvalue weighted by atomic mass is 32.2.